The van der Waals surface area contributed by atoms with E-state index in [1.807, 2.05) is 6.55 Å². The Balaban J connectivity index is 3.10. The molecule has 0 rings (SSSR count). The maximum Gasteiger partial charge on any atom is 0.307 e. The van der Waals surface area contributed by atoms with Crippen LogP contribution in [0.15, 0.2) is 0 Å². The second kappa shape index (κ2) is 4.25. The van der Waals surface area contributed by atoms with Crippen molar-refractivity contribution in [1.29, 1.82) is 0 Å². The third-order valence-electron chi connectivity index (χ3n) is 0.734. The summed E-state index contributed by atoms with van der Waals surface area (Å²) in [7, 11) is 0.00694. The molecule has 8 heavy (non-hydrogen) atoms. The molecule has 0 aromatic heterocycles. The fraction of sp³-hybridized carbons (Fsp3) is 1.00. The first-order valence-corrected chi connectivity index (χ1v) is 7.17. The van der Waals surface area contributed by atoms with E-state index in [0.717, 1.165) is 0 Å². The van der Waals surface area contributed by atoms with E-state index in [2.05, 4.69) is 13.1 Å². The first kappa shape index (κ1) is 8.35. The molecular weight excluding hydrogens is 136 g/mol. The topological polar surface area (TPSA) is 18.5 Å². The first-order chi connectivity index (χ1) is 3.66. The minimum absolute atomic E-state index is 0.509. The van der Waals surface area contributed by atoms with E-state index >= 15 is 0 Å². The average Bonchev–Trinajstić information content (AvgIpc) is 1.65. The lowest BCUT2D eigenvalue weighted by Gasteiger charge is -2.10. The summed E-state index contributed by atoms with van der Waals surface area (Å²) in [5.74, 6) is 0. The molecule has 0 aliphatic rings. The van der Waals surface area contributed by atoms with Gasteiger partial charge in [-0.25, -0.2) is 0 Å². The molecule has 1 radical (unpaired) electrons. The number of rotatable bonds is 3. The fourth-order valence-corrected chi connectivity index (χ4v) is 3.42. The summed E-state index contributed by atoms with van der Waals surface area (Å²) in [5.41, 5.74) is 0. The Hall–Kier alpha value is 0.354. The van der Waals surface area contributed by atoms with Crippen LogP contribution in [-0.2, 0) is 8.54 Å². The van der Waals surface area contributed by atoms with Crippen molar-refractivity contribution in [3.05, 3.63) is 0 Å². The average molecular weight is 149 g/mol. The molecule has 4 heteroatoms. The molecule has 0 spiro atoms. The molecule has 0 aliphatic carbocycles. The van der Waals surface area contributed by atoms with Crippen LogP contribution in [0.2, 0.25) is 19.6 Å². The van der Waals surface area contributed by atoms with E-state index in [4.69, 9.17) is 8.54 Å². The maximum atomic E-state index is 5.42. The van der Waals surface area contributed by atoms with Gasteiger partial charge in [0.15, 0.2) is 9.04 Å². The van der Waals surface area contributed by atoms with E-state index in [1.165, 1.54) is 0 Å². The molecule has 0 amide bonds. The Morgan fingerprint density at radius 3 is 2.00 bits per heavy atom. The summed E-state index contributed by atoms with van der Waals surface area (Å²) in [5, 5.41) is 0. The van der Waals surface area contributed by atoms with Gasteiger partial charge in [0.05, 0.1) is 0 Å². The summed E-state index contributed by atoms with van der Waals surface area (Å²) in [6.07, 6.45) is 0. The molecule has 2 nitrogen and oxygen atoms in total. The summed E-state index contributed by atoms with van der Waals surface area (Å²) in [6, 6.07) is 0. The second-order valence-corrected chi connectivity index (χ2v) is 6.20. The molecule has 0 N–H and O–H groups in total. The zero-order chi connectivity index (χ0) is 6.57. The van der Waals surface area contributed by atoms with Crippen LogP contribution in [0, 0.1) is 0 Å². The molecule has 0 aromatic carbocycles. The highest BCUT2D eigenvalue weighted by atomic mass is 28.4. The standard InChI is InChI=1S/C4H13O2Si2/c1-5-8(4)6-7(2)3/h8H,1-4H3. The molecule has 1 unspecified atom stereocenters. The zero-order valence-corrected chi connectivity index (χ0v) is 8.05. The molecule has 0 aliphatic heterocycles. The van der Waals surface area contributed by atoms with E-state index in [1.54, 1.807) is 7.11 Å². The highest BCUT2D eigenvalue weighted by Gasteiger charge is 2.05. The van der Waals surface area contributed by atoms with Crippen LogP contribution < -0.4 is 0 Å². The highest BCUT2D eigenvalue weighted by molar-refractivity contribution is 6.60. The normalized spacial score (nSPS) is 14.6. The fourth-order valence-electron chi connectivity index (χ4n) is 0.380. The molecule has 0 bridgehead atoms. The monoisotopic (exact) mass is 149 g/mol. The third-order valence-corrected chi connectivity index (χ3v) is 4.61. The molecule has 0 saturated heterocycles. The van der Waals surface area contributed by atoms with Crippen LogP contribution in [-0.4, -0.2) is 25.4 Å². The van der Waals surface area contributed by atoms with Gasteiger partial charge in [-0.05, 0) is 19.6 Å². The van der Waals surface area contributed by atoms with E-state index in [9.17, 15) is 0 Å². The van der Waals surface area contributed by atoms with Crippen molar-refractivity contribution in [2.24, 2.45) is 0 Å². The Bertz CT molecular complexity index is 58.0. The van der Waals surface area contributed by atoms with Crippen molar-refractivity contribution in [3.63, 3.8) is 0 Å². The van der Waals surface area contributed by atoms with Crippen molar-refractivity contribution < 1.29 is 8.54 Å². The quantitative estimate of drug-likeness (QED) is 0.551. The van der Waals surface area contributed by atoms with Gasteiger partial charge >= 0.3 is 9.28 Å². The summed E-state index contributed by atoms with van der Waals surface area (Å²) < 4.78 is 10.4. The Morgan fingerprint density at radius 1 is 1.38 bits per heavy atom. The predicted molar refractivity (Wildman–Crippen MR) is 38.6 cm³/mol. The van der Waals surface area contributed by atoms with Gasteiger partial charge in [-0.1, -0.05) is 0 Å². The van der Waals surface area contributed by atoms with E-state index < -0.39 is 18.3 Å². The molecular formula is C4H13O2Si2. The van der Waals surface area contributed by atoms with E-state index in [-0.39, 0.29) is 0 Å². The largest absolute Gasteiger partial charge is 0.438 e. The Morgan fingerprint density at radius 2 is 1.88 bits per heavy atom. The molecule has 49 valence electrons. The number of hydrogen-bond acceptors (Lipinski definition) is 2. The van der Waals surface area contributed by atoms with Crippen LogP contribution in [0.25, 0.3) is 0 Å². The minimum atomic E-state index is -1.19. The van der Waals surface area contributed by atoms with Gasteiger partial charge in [0, 0.05) is 7.11 Å². The van der Waals surface area contributed by atoms with Crippen LogP contribution in [0.5, 0.6) is 0 Å². The zero-order valence-electron chi connectivity index (χ0n) is 5.89. The summed E-state index contributed by atoms with van der Waals surface area (Å²) in [6.45, 7) is 6.28. The molecule has 0 saturated carbocycles. The third kappa shape index (κ3) is 4.51. The van der Waals surface area contributed by atoms with E-state index in [0.29, 0.717) is 0 Å². The van der Waals surface area contributed by atoms with Gasteiger partial charge in [0.1, 0.15) is 0 Å². The van der Waals surface area contributed by atoms with Gasteiger partial charge in [0.25, 0.3) is 0 Å². The maximum absolute atomic E-state index is 5.42. The van der Waals surface area contributed by atoms with Crippen molar-refractivity contribution in [1.82, 2.24) is 0 Å². The molecule has 1 atom stereocenters. The van der Waals surface area contributed by atoms with Gasteiger partial charge in [-0.3, -0.25) is 0 Å². The van der Waals surface area contributed by atoms with Crippen molar-refractivity contribution >= 4 is 18.3 Å². The van der Waals surface area contributed by atoms with Gasteiger partial charge < -0.3 is 8.54 Å². The molecule has 0 aromatic rings. The SMILES string of the molecule is CO[SiH](C)O[Si](C)C. The van der Waals surface area contributed by atoms with Crippen molar-refractivity contribution in [2.45, 2.75) is 19.6 Å². The Labute approximate surface area is 54.4 Å². The predicted octanol–water partition coefficient (Wildman–Crippen LogP) is 0.751. The summed E-state index contributed by atoms with van der Waals surface area (Å²) >= 11 is 0. The van der Waals surface area contributed by atoms with Gasteiger partial charge in [0.2, 0.25) is 0 Å². The lowest BCUT2D eigenvalue weighted by atomic mass is 11.8. The minimum Gasteiger partial charge on any atom is -0.438 e. The second-order valence-electron chi connectivity index (χ2n) is 1.83. The smallest absolute Gasteiger partial charge is 0.307 e. The van der Waals surface area contributed by atoms with Gasteiger partial charge in [-0.15, -0.1) is 0 Å². The van der Waals surface area contributed by atoms with Crippen LogP contribution in [0.1, 0.15) is 0 Å². The number of hydrogen-bond donors (Lipinski definition) is 0. The highest BCUT2D eigenvalue weighted by Crippen LogP contribution is 1.89. The molecule has 0 heterocycles. The van der Waals surface area contributed by atoms with Crippen LogP contribution in [0.3, 0.4) is 0 Å². The van der Waals surface area contributed by atoms with Gasteiger partial charge in [-0.2, -0.15) is 0 Å². The van der Waals surface area contributed by atoms with Crippen molar-refractivity contribution in [2.75, 3.05) is 7.11 Å². The van der Waals surface area contributed by atoms with Crippen molar-refractivity contribution in [3.8, 4) is 0 Å². The first-order valence-electron chi connectivity index (χ1n) is 2.66. The lowest BCUT2D eigenvalue weighted by molar-refractivity contribution is 0.345. The summed E-state index contributed by atoms with van der Waals surface area (Å²) in [4.78, 5) is 0. The van der Waals surface area contributed by atoms with Crippen LogP contribution >= 0.6 is 0 Å². The Kier molecular flexibility index (Phi) is 4.44. The lowest BCUT2D eigenvalue weighted by Crippen LogP contribution is -2.23. The molecule has 0 fully saturated rings. The van der Waals surface area contributed by atoms with Crippen LogP contribution in [0.4, 0.5) is 0 Å².